The summed E-state index contributed by atoms with van der Waals surface area (Å²) in [6, 6.07) is 1.64. The van der Waals surface area contributed by atoms with Crippen LogP contribution in [0.15, 0.2) is 12.2 Å². The van der Waals surface area contributed by atoms with Gasteiger partial charge >= 0.3 is 0 Å². The molecule has 0 aliphatic rings. The fraction of sp³-hybridized carbons (Fsp3) is 0.250. The maximum atomic E-state index is 9.52. The Balaban J connectivity index is 3.34. The molecule has 0 aromatic heterocycles. The Morgan fingerprint density at radius 2 is 2.50 bits per heavy atom. The predicted octanol–water partition coefficient (Wildman–Crippen LogP) is 0.343. The SMILES string of the molecule is N#C/C=C/C[N+](=O)[O-]. The average molecular weight is 112 g/mol. The molecule has 0 fully saturated rings. The van der Waals surface area contributed by atoms with E-state index in [0.29, 0.717) is 0 Å². The summed E-state index contributed by atoms with van der Waals surface area (Å²) in [5.41, 5.74) is 0. The lowest BCUT2D eigenvalue weighted by molar-refractivity contribution is -0.468. The average Bonchev–Trinajstić information content (AvgIpc) is 1.66. The van der Waals surface area contributed by atoms with E-state index in [-0.39, 0.29) is 6.54 Å². The van der Waals surface area contributed by atoms with Crippen molar-refractivity contribution in [3.8, 4) is 6.07 Å². The van der Waals surface area contributed by atoms with Gasteiger partial charge in [-0.2, -0.15) is 5.26 Å². The van der Waals surface area contributed by atoms with Crippen LogP contribution in [0.2, 0.25) is 0 Å². The Kier molecular flexibility index (Phi) is 3.16. The first-order valence-corrected chi connectivity index (χ1v) is 1.94. The first-order valence-electron chi connectivity index (χ1n) is 1.94. The lowest BCUT2D eigenvalue weighted by Crippen LogP contribution is -1.94. The Morgan fingerprint density at radius 1 is 1.88 bits per heavy atom. The highest BCUT2D eigenvalue weighted by atomic mass is 16.6. The van der Waals surface area contributed by atoms with E-state index in [9.17, 15) is 10.1 Å². The molecular weight excluding hydrogens is 108 g/mol. The van der Waals surface area contributed by atoms with Gasteiger partial charge in [0, 0.05) is 11.0 Å². The quantitative estimate of drug-likeness (QED) is 0.294. The van der Waals surface area contributed by atoms with E-state index >= 15 is 0 Å². The normalized spacial score (nSPS) is 8.88. The van der Waals surface area contributed by atoms with Gasteiger partial charge in [-0.1, -0.05) is 0 Å². The lowest BCUT2D eigenvalue weighted by atomic mass is 10.5. The third kappa shape index (κ3) is 4.63. The van der Waals surface area contributed by atoms with E-state index in [1.54, 1.807) is 6.07 Å². The molecule has 0 unspecified atom stereocenters. The lowest BCUT2D eigenvalue weighted by Gasteiger charge is -1.77. The van der Waals surface area contributed by atoms with Crippen molar-refractivity contribution in [2.45, 2.75) is 0 Å². The topological polar surface area (TPSA) is 66.9 Å². The van der Waals surface area contributed by atoms with E-state index < -0.39 is 4.92 Å². The molecule has 0 aromatic carbocycles. The van der Waals surface area contributed by atoms with E-state index in [1.807, 2.05) is 0 Å². The highest BCUT2D eigenvalue weighted by molar-refractivity contribution is 5.01. The van der Waals surface area contributed by atoms with Gasteiger partial charge in [-0.3, -0.25) is 10.1 Å². The fourth-order valence-corrected chi connectivity index (χ4v) is 0.191. The van der Waals surface area contributed by atoms with Gasteiger partial charge in [-0.25, -0.2) is 0 Å². The molecule has 0 saturated heterocycles. The largest absolute Gasteiger partial charge is 0.264 e. The summed E-state index contributed by atoms with van der Waals surface area (Å²) >= 11 is 0. The number of rotatable bonds is 2. The Labute approximate surface area is 46.2 Å². The standard InChI is InChI=1S/C4H4N2O2/c5-3-1-2-4-6(7)8/h1-2H,4H2/b2-1+. The molecule has 8 heavy (non-hydrogen) atoms. The minimum Gasteiger partial charge on any atom is -0.264 e. The van der Waals surface area contributed by atoms with Crippen molar-refractivity contribution >= 4 is 0 Å². The van der Waals surface area contributed by atoms with E-state index in [1.165, 1.54) is 6.08 Å². The van der Waals surface area contributed by atoms with Crippen molar-refractivity contribution < 1.29 is 4.92 Å². The smallest absolute Gasteiger partial charge is 0.223 e. The molecule has 4 heteroatoms. The molecule has 0 saturated carbocycles. The van der Waals surface area contributed by atoms with Gasteiger partial charge in [0.25, 0.3) is 0 Å². The van der Waals surface area contributed by atoms with Crippen LogP contribution in [0.3, 0.4) is 0 Å². The molecule has 0 amide bonds. The van der Waals surface area contributed by atoms with Crippen LogP contribution in [0.25, 0.3) is 0 Å². The molecule has 0 N–H and O–H groups in total. The van der Waals surface area contributed by atoms with E-state index in [0.717, 1.165) is 6.08 Å². The van der Waals surface area contributed by atoms with Gasteiger partial charge in [-0.05, 0) is 6.08 Å². The molecular formula is C4H4N2O2. The zero-order valence-electron chi connectivity index (χ0n) is 4.07. The summed E-state index contributed by atoms with van der Waals surface area (Å²) < 4.78 is 0. The Bertz CT molecular complexity index is 145. The summed E-state index contributed by atoms with van der Waals surface area (Å²) in [4.78, 5) is 9.01. The zero-order chi connectivity index (χ0) is 6.41. The summed E-state index contributed by atoms with van der Waals surface area (Å²) in [5, 5.41) is 17.3. The Morgan fingerprint density at radius 3 is 2.88 bits per heavy atom. The minimum atomic E-state index is -0.506. The van der Waals surface area contributed by atoms with Crippen molar-refractivity contribution in [3.05, 3.63) is 22.3 Å². The van der Waals surface area contributed by atoms with Crippen LogP contribution >= 0.6 is 0 Å². The molecule has 0 atom stereocenters. The predicted molar refractivity (Wildman–Crippen MR) is 26.6 cm³/mol. The van der Waals surface area contributed by atoms with Crippen LogP contribution in [0, 0.1) is 21.4 Å². The van der Waals surface area contributed by atoms with Gasteiger partial charge in [0.05, 0.1) is 6.07 Å². The third-order valence-corrected chi connectivity index (χ3v) is 0.447. The summed E-state index contributed by atoms with van der Waals surface area (Å²) in [6.45, 7) is -0.270. The first-order chi connectivity index (χ1) is 3.77. The van der Waals surface area contributed by atoms with Gasteiger partial charge < -0.3 is 0 Å². The number of nitro groups is 1. The molecule has 0 heterocycles. The van der Waals surface area contributed by atoms with Crippen LogP contribution in [-0.4, -0.2) is 11.5 Å². The maximum absolute atomic E-state index is 9.52. The molecule has 0 aromatic rings. The molecule has 0 aliphatic heterocycles. The number of hydrogen-bond acceptors (Lipinski definition) is 3. The highest BCUT2D eigenvalue weighted by Gasteiger charge is 1.84. The molecule has 0 aliphatic carbocycles. The van der Waals surface area contributed by atoms with Crippen LogP contribution in [-0.2, 0) is 0 Å². The van der Waals surface area contributed by atoms with Crippen LogP contribution < -0.4 is 0 Å². The Hall–Kier alpha value is -1.37. The molecule has 4 nitrogen and oxygen atoms in total. The second kappa shape index (κ2) is 3.81. The minimum absolute atomic E-state index is 0.270. The second-order valence-electron chi connectivity index (χ2n) is 1.05. The van der Waals surface area contributed by atoms with Crippen LogP contribution in [0.4, 0.5) is 0 Å². The van der Waals surface area contributed by atoms with Gasteiger partial charge in [0.1, 0.15) is 0 Å². The summed E-state index contributed by atoms with van der Waals surface area (Å²) in [6.07, 6.45) is 2.28. The molecule has 0 bridgehead atoms. The van der Waals surface area contributed by atoms with Crippen molar-refractivity contribution in [3.63, 3.8) is 0 Å². The van der Waals surface area contributed by atoms with Crippen molar-refractivity contribution in [1.82, 2.24) is 0 Å². The molecule has 42 valence electrons. The number of allylic oxidation sites excluding steroid dienone is 1. The molecule has 0 rings (SSSR count). The number of nitrogens with zero attached hydrogens (tertiary/aromatic N) is 2. The molecule has 0 radical (unpaired) electrons. The monoisotopic (exact) mass is 112 g/mol. The first kappa shape index (κ1) is 6.63. The van der Waals surface area contributed by atoms with Crippen molar-refractivity contribution in [2.75, 3.05) is 6.54 Å². The van der Waals surface area contributed by atoms with Crippen LogP contribution in [0.5, 0.6) is 0 Å². The zero-order valence-corrected chi connectivity index (χ0v) is 4.07. The number of nitriles is 1. The van der Waals surface area contributed by atoms with E-state index in [2.05, 4.69) is 0 Å². The van der Waals surface area contributed by atoms with Gasteiger partial charge in [-0.15, -0.1) is 0 Å². The number of hydrogen-bond donors (Lipinski definition) is 0. The molecule has 0 spiro atoms. The second-order valence-corrected chi connectivity index (χ2v) is 1.05. The van der Waals surface area contributed by atoms with Gasteiger partial charge in [0.15, 0.2) is 0 Å². The highest BCUT2D eigenvalue weighted by Crippen LogP contribution is 1.70. The summed E-state index contributed by atoms with van der Waals surface area (Å²) in [5.74, 6) is 0. The van der Waals surface area contributed by atoms with Crippen molar-refractivity contribution in [1.29, 1.82) is 5.26 Å². The maximum Gasteiger partial charge on any atom is 0.223 e. The van der Waals surface area contributed by atoms with Crippen LogP contribution in [0.1, 0.15) is 0 Å². The third-order valence-electron chi connectivity index (χ3n) is 0.447. The van der Waals surface area contributed by atoms with Gasteiger partial charge in [0.2, 0.25) is 6.54 Å². The van der Waals surface area contributed by atoms with Crippen molar-refractivity contribution in [2.24, 2.45) is 0 Å². The fourth-order valence-electron chi connectivity index (χ4n) is 0.191. The summed E-state index contributed by atoms with van der Waals surface area (Å²) in [7, 11) is 0. The van der Waals surface area contributed by atoms with E-state index in [4.69, 9.17) is 5.26 Å².